The second-order valence-electron chi connectivity index (χ2n) is 5.95. The molecule has 13 heteroatoms. The molecule has 0 unspecified atom stereocenters. The molecule has 3 aromatic rings. The largest absolute Gasteiger partial charge is 0.494 e. The van der Waals surface area contributed by atoms with Crippen LogP contribution >= 0.6 is 0 Å². The lowest BCUT2D eigenvalue weighted by Crippen LogP contribution is -2.21. The Labute approximate surface area is 167 Å². The summed E-state index contributed by atoms with van der Waals surface area (Å²) in [5, 5.41) is 21.8. The predicted molar refractivity (Wildman–Crippen MR) is 100 cm³/mol. The van der Waals surface area contributed by atoms with Gasteiger partial charge in [0.15, 0.2) is 11.5 Å². The predicted octanol–water partition coefficient (Wildman–Crippen LogP) is 1.96. The Morgan fingerprint density at radius 2 is 2.00 bits per heavy atom. The van der Waals surface area contributed by atoms with E-state index < -0.39 is 12.1 Å². The minimum absolute atomic E-state index is 0.283. The zero-order valence-corrected chi connectivity index (χ0v) is 16.2. The number of nitrogens with one attached hydrogen (secondary N) is 2. The van der Waals surface area contributed by atoms with Gasteiger partial charge in [0.25, 0.3) is 5.91 Å². The number of nitrogens with zero attached hydrogens (tertiary/aromatic N) is 3. The van der Waals surface area contributed by atoms with Gasteiger partial charge in [0, 0.05) is 30.2 Å². The van der Waals surface area contributed by atoms with E-state index in [1.54, 1.807) is 24.9 Å². The van der Waals surface area contributed by atoms with Crippen molar-refractivity contribution in [1.82, 2.24) is 20.0 Å². The summed E-state index contributed by atoms with van der Waals surface area (Å²) in [5.74, 6) is -2.02. The van der Waals surface area contributed by atoms with E-state index in [9.17, 15) is 18.0 Å². The van der Waals surface area contributed by atoms with Gasteiger partial charge in [-0.05, 0) is 13.0 Å². The van der Waals surface area contributed by atoms with Crippen LogP contribution in [-0.2, 0) is 18.4 Å². The highest BCUT2D eigenvalue weighted by atomic mass is 19.4. The maximum atomic E-state index is 12.6. The van der Waals surface area contributed by atoms with E-state index in [4.69, 9.17) is 20.4 Å². The van der Waals surface area contributed by atoms with Gasteiger partial charge in [0.05, 0.1) is 7.11 Å². The normalized spacial score (nSPS) is 11.0. The number of aromatic amines is 1. The van der Waals surface area contributed by atoms with Crippen LogP contribution in [0.15, 0.2) is 18.2 Å². The summed E-state index contributed by atoms with van der Waals surface area (Å²) in [6.45, 7) is 2.20. The van der Waals surface area contributed by atoms with Gasteiger partial charge in [-0.15, -0.1) is 0 Å². The molecule has 0 bridgehead atoms. The van der Waals surface area contributed by atoms with E-state index in [1.165, 1.54) is 0 Å². The third-order valence-electron chi connectivity index (χ3n) is 4.13. The Hall–Kier alpha value is -3.61. The zero-order chi connectivity index (χ0) is 22.6. The number of aliphatic carboxylic acids is 1. The number of fused-ring (bicyclic) bond motifs is 1. The Morgan fingerprint density at radius 3 is 2.53 bits per heavy atom. The third-order valence-corrected chi connectivity index (χ3v) is 4.13. The molecular weight excluding hydrogens is 409 g/mol. The number of anilines is 1. The molecule has 0 aliphatic rings. The topological polar surface area (TPSA) is 148 Å². The highest BCUT2D eigenvalue weighted by Gasteiger charge is 2.38. The number of nitrogens with two attached hydrogens (primary N) is 1. The number of ether oxygens (including phenoxy) is 1. The first-order valence-corrected chi connectivity index (χ1v) is 8.36. The number of para-hydroxylation sites is 1. The van der Waals surface area contributed by atoms with E-state index in [0.717, 1.165) is 11.3 Å². The van der Waals surface area contributed by atoms with E-state index in [0.29, 0.717) is 29.0 Å². The van der Waals surface area contributed by atoms with Gasteiger partial charge in [0.1, 0.15) is 11.3 Å². The molecule has 3 rings (SSSR count). The third kappa shape index (κ3) is 4.68. The van der Waals surface area contributed by atoms with Gasteiger partial charge >= 0.3 is 12.1 Å². The Morgan fingerprint density at radius 1 is 1.37 bits per heavy atom. The number of aromatic nitrogens is 4. The van der Waals surface area contributed by atoms with Crippen molar-refractivity contribution in [2.75, 3.05) is 12.4 Å². The number of carbonyl (C=O) groups excluding carboxylic acids is 1. The molecule has 0 fully saturated rings. The van der Waals surface area contributed by atoms with Crippen molar-refractivity contribution < 1.29 is 32.6 Å². The smallest absolute Gasteiger partial charge is 0.490 e. The number of carbonyl (C=O) groups is 2. The average molecular weight is 428 g/mol. The summed E-state index contributed by atoms with van der Waals surface area (Å²) in [4.78, 5) is 21.4. The Kier molecular flexibility index (Phi) is 6.66. The summed E-state index contributed by atoms with van der Waals surface area (Å²) in [6, 6.07) is 5.42. The molecule has 0 atom stereocenters. The summed E-state index contributed by atoms with van der Waals surface area (Å²) in [6.07, 6.45) is -5.08. The SMILES string of the molecule is COc1cccc2c(C(=O)Nc3nn(C)c(C)c3CN)n[nH]c12.O=C(O)C(F)(F)F. The quantitative estimate of drug-likeness (QED) is 0.496. The number of hydrogen-bond donors (Lipinski definition) is 4. The fraction of sp³-hybridized carbons (Fsp3) is 0.294. The molecule has 0 aliphatic heterocycles. The van der Waals surface area contributed by atoms with Gasteiger partial charge < -0.3 is 20.9 Å². The van der Waals surface area contributed by atoms with Gasteiger partial charge in [-0.3, -0.25) is 14.6 Å². The van der Waals surface area contributed by atoms with Crippen LogP contribution in [-0.4, -0.2) is 50.2 Å². The molecule has 1 aromatic carbocycles. The first kappa shape index (κ1) is 22.7. The van der Waals surface area contributed by atoms with Crippen molar-refractivity contribution in [3.8, 4) is 5.75 Å². The molecular formula is C17H19F3N6O4. The lowest BCUT2D eigenvalue weighted by atomic mass is 10.2. The number of methoxy groups -OCH3 is 1. The molecule has 0 radical (unpaired) electrons. The molecule has 0 spiro atoms. The molecule has 2 heterocycles. The molecule has 30 heavy (non-hydrogen) atoms. The molecule has 2 aromatic heterocycles. The van der Waals surface area contributed by atoms with Crippen LogP contribution in [0.4, 0.5) is 19.0 Å². The van der Waals surface area contributed by atoms with Crippen LogP contribution < -0.4 is 15.8 Å². The van der Waals surface area contributed by atoms with Crippen molar-refractivity contribution in [1.29, 1.82) is 0 Å². The number of benzene rings is 1. The first-order chi connectivity index (χ1) is 14.0. The van der Waals surface area contributed by atoms with Gasteiger partial charge in [-0.1, -0.05) is 12.1 Å². The summed E-state index contributed by atoms with van der Waals surface area (Å²) in [5.41, 5.74) is 8.42. The molecule has 0 saturated heterocycles. The molecule has 1 amide bonds. The number of carboxylic acids is 1. The number of H-pyrrole nitrogens is 1. The number of halogens is 3. The zero-order valence-electron chi connectivity index (χ0n) is 16.2. The van der Waals surface area contributed by atoms with Crippen molar-refractivity contribution in [2.24, 2.45) is 12.8 Å². The fourth-order valence-corrected chi connectivity index (χ4v) is 2.52. The fourth-order valence-electron chi connectivity index (χ4n) is 2.52. The van der Waals surface area contributed by atoms with Crippen molar-refractivity contribution in [3.63, 3.8) is 0 Å². The van der Waals surface area contributed by atoms with Crippen LogP contribution in [0.5, 0.6) is 5.75 Å². The number of hydrogen-bond acceptors (Lipinski definition) is 6. The first-order valence-electron chi connectivity index (χ1n) is 8.36. The van der Waals surface area contributed by atoms with Crippen LogP contribution in [0, 0.1) is 6.92 Å². The van der Waals surface area contributed by atoms with Gasteiger partial charge in [0.2, 0.25) is 0 Å². The van der Waals surface area contributed by atoms with Gasteiger partial charge in [-0.2, -0.15) is 23.4 Å². The minimum Gasteiger partial charge on any atom is -0.494 e. The van der Waals surface area contributed by atoms with Gasteiger partial charge in [-0.25, -0.2) is 4.79 Å². The van der Waals surface area contributed by atoms with Crippen LogP contribution in [0.3, 0.4) is 0 Å². The Bertz CT molecular complexity index is 1070. The Balaban J connectivity index is 0.000000396. The van der Waals surface area contributed by atoms with E-state index in [1.807, 2.05) is 19.1 Å². The number of aryl methyl sites for hydroxylation is 1. The highest BCUT2D eigenvalue weighted by Crippen LogP contribution is 2.26. The van der Waals surface area contributed by atoms with E-state index >= 15 is 0 Å². The monoisotopic (exact) mass is 428 g/mol. The molecule has 162 valence electrons. The van der Waals surface area contributed by atoms with Crippen LogP contribution in [0.2, 0.25) is 0 Å². The lowest BCUT2D eigenvalue weighted by Gasteiger charge is -2.03. The maximum Gasteiger partial charge on any atom is 0.490 e. The highest BCUT2D eigenvalue weighted by molar-refractivity contribution is 6.11. The number of rotatable bonds is 4. The van der Waals surface area contributed by atoms with Crippen molar-refractivity contribution in [3.05, 3.63) is 35.2 Å². The molecule has 0 aliphatic carbocycles. The van der Waals surface area contributed by atoms with Crippen molar-refractivity contribution in [2.45, 2.75) is 19.6 Å². The lowest BCUT2D eigenvalue weighted by molar-refractivity contribution is -0.192. The number of alkyl halides is 3. The summed E-state index contributed by atoms with van der Waals surface area (Å²) < 4.78 is 38.7. The molecule has 5 N–H and O–H groups in total. The van der Waals surface area contributed by atoms with Crippen molar-refractivity contribution >= 4 is 28.6 Å². The van der Waals surface area contributed by atoms with E-state index in [-0.39, 0.29) is 11.6 Å². The average Bonchev–Trinajstić information content (AvgIpc) is 3.22. The second-order valence-corrected chi connectivity index (χ2v) is 5.95. The maximum absolute atomic E-state index is 12.6. The standard InChI is InChI=1S/C15H18N6O2.C2HF3O2/c1-8-10(7-16)14(20-21(8)2)17-15(22)13-9-5-4-6-11(23-3)12(9)18-19-13;3-2(4,5)1(6)7/h4-6H,7,16H2,1-3H3,(H,18,19)(H,17,20,22);(H,6,7). The second kappa shape index (κ2) is 8.82. The number of amides is 1. The van der Waals surface area contributed by atoms with Crippen LogP contribution in [0.25, 0.3) is 10.9 Å². The van der Waals surface area contributed by atoms with E-state index in [2.05, 4.69) is 20.6 Å². The van der Waals surface area contributed by atoms with Crippen LogP contribution in [0.1, 0.15) is 21.7 Å². The molecule has 10 nitrogen and oxygen atoms in total. The molecule has 0 saturated carbocycles. The minimum atomic E-state index is -5.08. The number of carboxylic acid groups (broad SMARTS) is 1. The summed E-state index contributed by atoms with van der Waals surface area (Å²) in [7, 11) is 3.37. The summed E-state index contributed by atoms with van der Waals surface area (Å²) >= 11 is 0.